The molecule has 5 atom stereocenters. The Morgan fingerprint density at radius 1 is 1.03 bits per heavy atom. The number of rotatable bonds is 15. The van der Waals surface area contributed by atoms with Crippen molar-refractivity contribution in [1.82, 2.24) is 20.9 Å². The highest BCUT2D eigenvalue weighted by atomic mass is 16.4. The molecule has 0 aliphatic rings. The zero-order valence-electron chi connectivity index (χ0n) is 21.5. The van der Waals surface area contributed by atoms with Crippen LogP contribution in [0, 0.1) is 0 Å². The van der Waals surface area contributed by atoms with Crippen molar-refractivity contribution in [3.05, 3.63) is 36.0 Å². The van der Waals surface area contributed by atoms with E-state index in [1.165, 1.54) is 6.92 Å². The Kier molecular flexibility index (Phi) is 11.7. The highest BCUT2D eigenvalue weighted by Crippen LogP contribution is 2.19. The van der Waals surface area contributed by atoms with E-state index in [9.17, 15) is 29.4 Å². The summed E-state index contributed by atoms with van der Waals surface area (Å²) < 4.78 is 0. The van der Waals surface area contributed by atoms with Gasteiger partial charge in [-0.25, -0.2) is 4.79 Å². The molecule has 5 unspecified atom stereocenters. The number of nitrogens with one attached hydrogen (secondary N) is 4. The quantitative estimate of drug-likeness (QED) is 0.0612. The molecule has 3 amide bonds. The summed E-state index contributed by atoms with van der Waals surface area (Å²) in [6.45, 7) is 0.719. The molecule has 0 saturated heterocycles. The van der Waals surface area contributed by atoms with Crippen molar-refractivity contribution in [3.63, 3.8) is 0 Å². The van der Waals surface area contributed by atoms with Crippen molar-refractivity contribution in [2.24, 2.45) is 22.2 Å². The first-order valence-corrected chi connectivity index (χ1v) is 12.2. The molecule has 1 heterocycles. The molecule has 15 heteroatoms. The van der Waals surface area contributed by atoms with Crippen LogP contribution in [0.3, 0.4) is 0 Å². The Bertz CT molecular complexity index is 1180. The van der Waals surface area contributed by atoms with Crippen LogP contribution in [0.1, 0.15) is 25.3 Å². The molecular weight excluding hydrogens is 512 g/mol. The molecule has 0 saturated carbocycles. The number of aliphatic hydroxyl groups excluding tert-OH is 2. The third-order valence-electron chi connectivity index (χ3n) is 5.89. The number of fused-ring (bicyclic) bond motifs is 1. The number of para-hydroxylation sites is 1. The smallest absolute Gasteiger partial charge is 0.326 e. The lowest BCUT2D eigenvalue weighted by molar-refractivity contribution is -0.143. The molecule has 0 aliphatic heterocycles. The summed E-state index contributed by atoms with van der Waals surface area (Å²) in [6, 6.07) is 1.82. The number of hydrogen-bond donors (Lipinski definition) is 10. The zero-order valence-corrected chi connectivity index (χ0v) is 21.5. The van der Waals surface area contributed by atoms with E-state index in [4.69, 9.17) is 22.3 Å². The number of carbonyl (C=O) groups is 4. The van der Waals surface area contributed by atoms with Crippen molar-refractivity contribution in [2.45, 2.75) is 56.5 Å². The van der Waals surface area contributed by atoms with Crippen molar-refractivity contribution in [3.8, 4) is 0 Å². The zero-order chi connectivity index (χ0) is 29.1. The standard InChI is InChI=1S/C24H36N8O7/c1-12(34)19(32-21(36)17(7-4-8-28-24(26)27)30-20(35)15(25)11-33)22(37)31-18(23(38)39)9-13-10-29-16-6-3-2-5-14(13)16/h2-3,5-6,10,12,15,17-19,29,33-34H,4,7-9,11,25H2,1H3,(H,30,35)(H,31,37)(H,32,36)(H,38,39)(H4,26,27,28). The summed E-state index contributed by atoms with van der Waals surface area (Å²) in [4.78, 5) is 57.0. The van der Waals surface area contributed by atoms with Crippen LogP contribution in [-0.2, 0) is 25.6 Å². The average Bonchev–Trinajstić information content (AvgIpc) is 3.30. The lowest BCUT2D eigenvalue weighted by Gasteiger charge is -2.26. The summed E-state index contributed by atoms with van der Waals surface area (Å²) in [5, 5.41) is 37.0. The Hall–Kier alpha value is -4.21. The second-order valence-corrected chi connectivity index (χ2v) is 8.99. The maximum atomic E-state index is 13.0. The molecule has 0 fully saturated rings. The third-order valence-corrected chi connectivity index (χ3v) is 5.89. The molecule has 0 bridgehead atoms. The average molecular weight is 549 g/mol. The van der Waals surface area contributed by atoms with Crippen molar-refractivity contribution in [2.75, 3.05) is 13.2 Å². The number of guanidine groups is 1. The van der Waals surface area contributed by atoms with Crippen LogP contribution in [0.2, 0.25) is 0 Å². The van der Waals surface area contributed by atoms with Crippen molar-refractivity contribution in [1.29, 1.82) is 0 Å². The van der Waals surface area contributed by atoms with Gasteiger partial charge in [0.15, 0.2) is 5.96 Å². The van der Waals surface area contributed by atoms with Gasteiger partial charge in [0.25, 0.3) is 0 Å². The lowest BCUT2D eigenvalue weighted by atomic mass is 10.0. The Balaban J connectivity index is 2.15. The van der Waals surface area contributed by atoms with Crippen LogP contribution in [0.25, 0.3) is 10.9 Å². The minimum atomic E-state index is -1.55. The van der Waals surface area contributed by atoms with Crippen molar-refractivity contribution < 1.29 is 34.5 Å². The molecule has 0 spiro atoms. The van der Waals surface area contributed by atoms with Gasteiger partial charge in [0.05, 0.1) is 12.7 Å². The highest BCUT2D eigenvalue weighted by molar-refractivity contribution is 5.94. The molecule has 214 valence electrons. The van der Waals surface area contributed by atoms with Crippen LogP contribution >= 0.6 is 0 Å². The van der Waals surface area contributed by atoms with Gasteiger partial charge in [0.1, 0.15) is 24.2 Å². The largest absolute Gasteiger partial charge is 0.480 e. The van der Waals surface area contributed by atoms with Gasteiger partial charge in [-0.3, -0.25) is 19.4 Å². The first-order chi connectivity index (χ1) is 18.4. The highest BCUT2D eigenvalue weighted by Gasteiger charge is 2.33. The van der Waals surface area contributed by atoms with E-state index in [1.807, 2.05) is 18.2 Å². The number of carboxylic acid groups (broad SMARTS) is 1. The lowest BCUT2D eigenvalue weighted by Crippen LogP contribution is -2.60. The predicted molar refractivity (Wildman–Crippen MR) is 142 cm³/mol. The van der Waals surface area contributed by atoms with E-state index in [1.54, 1.807) is 12.3 Å². The number of aromatic amines is 1. The fourth-order valence-corrected chi connectivity index (χ4v) is 3.78. The predicted octanol–water partition coefficient (Wildman–Crippen LogP) is -3.00. The molecule has 0 radical (unpaired) electrons. The van der Waals surface area contributed by atoms with Gasteiger partial charge in [-0.2, -0.15) is 0 Å². The number of H-pyrrole nitrogens is 1. The maximum Gasteiger partial charge on any atom is 0.326 e. The number of nitrogens with two attached hydrogens (primary N) is 3. The number of carboxylic acids is 1. The maximum absolute atomic E-state index is 13.0. The number of aliphatic imine (C=N–C) groups is 1. The number of amides is 3. The Morgan fingerprint density at radius 3 is 2.31 bits per heavy atom. The van der Waals surface area contributed by atoms with Crippen LogP contribution in [0.4, 0.5) is 0 Å². The van der Waals surface area contributed by atoms with Crippen LogP contribution in [0.5, 0.6) is 0 Å². The number of benzene rings is 1. The number of carbonyl (C=O) groups excluding carboxylic acids is 3. The molecule has 0 aliphatic carbocycles. The molecule has 2 rings (SSSR count). The second-order valence-electron chi connectivity index (χ2n) is 8.99. The summed E-state index contributed by atoms with van der Waals surface area (Å²) in [5.74, 6) is -4.07. The number of aliphatic carboxylic acids is 1. The number of aromatic nitrogens is 1. The van der Waals surface area contributed by atoms with E-state index in [-0.39, 0.29) is 31.8 Å². The van der Waals surface area contributed by atoms with Gasteiger partial charge in [0.2, 0.25) is 17.7 Å². The van der Waals surface area contributed by atoms with Crippen molar-refractivity contribution >= 4 is 40.6 Å². The van der Waals surface area contributed by atoms with E-state index in [2.05, 4.69) is 25.9 Å². The summed E-state index contributed by atoms with van der Waals surface area (Å²) in [7, 11) is 0. The second kappa shape index (κ2) is 14.7. The van der Waals surface area contributed by atoms with Crippen LogP contribution < -0.4 is 33.2 Å². The minimum absolute atomic E-state index is 0.0268. The van der Waals surface area contributed by atoms with Crippen LogP contribution in [0.15, 0.2) is 35.5 Å². The first-order valence-electron chi connectivity index (χ1n) is 12.2. The third kappa shape index (κ3) is 9.24. The molecule has 13 N–H and O–H groups in total. The van der Waals surface area contributed by atoms with Gasteiger partial charge >= 0.3 is 5.97 Å². The van der Waals surface area contributed by atoms with Gasteiger partial charge in [-0.15, -0.1) is 0 Å². The Morgan fingerprint density at radius 2 is 1.69 bits per heavy atom. The van der Waals surface area contributed by atoms with E-state index >= 15 is 0 Å². The van der Waals surface area contributed by atoms with E-state index in [0.717, 1.165) is 10.9 Å². The monoisotopic (exact) mass is 548 g/mol. The number of nitrogens with zero attached hydrogens (tertiary/aromatic N) is 1. The van der Waals surface area contributed by atoms with Crippen LogP contribution in [-0.4, -0.2) is 93.4 Å². The number of aliphatic hydroxyl groups is 2. The first kappa shape index (κ1) is 31.0. The molecular formula is C24H36N8O7. The molecule has 1 aromatic heterocycles. The van der Waals surface area contributed by atoms with Gasteiger partial charge in [-0.1, -0.05) is 18.2 Å². The number of hydrogen-bond acceptors (Lipinski definition) is 8. The molecule has 15 nitrogen and oxygen atoms in total. The fourth-order valence-electron chi connectivity index (χ4n) is 3.78. The summed E-state index contributed by atoms with van der Waals surface area (Å²) in [5.41, 5.74) is 17.5. The van der Waals surface area contributed by atoms with Gasteiger partial charge < -0.3 is 53.5 Å². The Labute approximate surface area is 224 Å². The SMILES string of the molecule is CC(O)C(NC(=O)C(CCCN=C(N)N)NC(=O)C(N)CO)C(=O)NC(Cc1c[nH]c2ccccc12)C(=O)O. The molecule has 2 aromatic rings. The van der Waals surface area contributed by atoms with E-state index in [0.29, 0.717) is 5.56 Å². The summed E-state index contributed by atoms with van der Waals surface area (Å²) in [6.07, 6.45) is 0.441. The van der Waals surface area contributed by atoms with E-state index < -0.39 is 60.6 Å². The summed E-state index contributed by atoms with van der Waals surface area (Å²) >= 11 is 0. The minimum Gasteiger partial charge on any atom is -0.480 e. The molecule has 1 aromatic carbocycles. The molecule has 39 heavy (non-hydrogen) atoms. The topological polar surface area (TPSA) is 271 Å². The van der Waals surface area contributed by atoms with Gasteiger partial charge in [-0.05, 0) is 31.4 Å². The fraction of sp³-hybridized carbons (Fsp3) is 0.458. The van der Waals surface area contributed by atoms with Gasteiger partial charge in [0, 0.05) is 30.1 Å². The normalized spacial score (nSPS) is 14.9.